The molecule has 0 bridgehead atoms. The number of aromatic amines is 1. The molecule has 0 atom stereocenters. The van der Waals surface area contributed by atoms with E-state index in [1.54, 1.807) is 12.1 Å². The Morgan fingerprint density at radius 1 is 1.33 bits per heavy atom. The first-order valence-electron chi connectivity index (χ1n) is 9.64. The molecule has 0 saturated carbocycles. The summed E-state index contributed by atoms with van der Waals surface area (Å²) in [5.74, 6) is -0.509. The molecule has 0 aromatic carbocycles. The maximum Gasteiger partial charge on any atom is 0.330 e. The largest absolute Gasteiger partial charge is 0.467 e. The standard InChI is InChI=1S/C19H24N6O5/c1-3-4-9-24-16(20)15(17(27)21-19(24)29)25(11-12-6-5-10-30-12)18(28)13-7-8-14(26)23(2)22-13/h5-6,10H,3-4,7-9,11,20H2,1-2H3,(H,21,27,29). The van der Waals surface area contributed by atoms with Gasteiger partial charge in [0.15, 0.2) is 5.69 Å². The predicted octanol–water partition coefficient (Wildman–Crippen LogP) is 0.653. The highest BCUT2D eigenvalue weighted by molar-refractivity contribution is 6.44. The van der Waals surface area contributed by atoms with Crippen LogP contribution >= 0.6 is 0 Å². The van der Waals surface area contributed by atoms with Crippen molar-refractivity contribution in [3.05, 3.63) is 45.0 Å². The number of furan rings is 1. The summed E-state index contributed by atoms with van der Waals surface area (Å²) in [7, 11) is 1.46. The van der Waals surface area contributed by atoms with E-state index < -0.39 is 17.2 Å². The van der Waals surface area contributed by atoms with Gasteiger partial charge in [-0.05, 0) is 18.6 Å². The Bertz CT molecular complexity index is 1080. The lowest BCUT2D eigenvalue weighted by atomic mass is 10.1. The minimum absolute atomic E-state index is 0.0955. The van der Waals surface area contributed by atoms with Crippen molar-refractivity contribution in [2.24, 2.45) is 5.10 Å². The maximum absolute atomic E-state index is 13.3. The number of hydrazone groups is 1. The number of nitrogens with one attached hydrogen (secondary N) is 1. The molecule has 1 aliphatic heterocycles. The van der Waals surface area contributed by atoms with E-state index in [0.29, 0.717) is 18.7 Å². The number of rotatable bonds is 7. The first-order chi connectivity index (χ1) is 14.3. The van der Waals surface area contributed by atoms with Gasteiger partial charge in [0.25, 0.3) is 11.5 Å². The molecule has 3 rings (SSSR count). The lowest BCUT2D eigenvalue weighted by molar-refractivity contribution is -0.130. The topological polar surface area (TPSA) is 147 Å². The zero-order valence-electron chi connectivity index (χ0n) is 16.9. The summed E-state index contributed by atoms with van der Waals surface area (Å²) in [6.07, 6.45) is 3.17. The van der Waals surface area contributed by atoms with Crippen LogP contribution in [0.25, 0.3) is 0 Å². The van der Waals surface area contributed by atoms with Gasteiger partial charge in [0.05, 0.1) is 12.8 Å². The van der Waals surface area contributed by atoms with Gasteiger partial charge in [-0.1, -0.05) is 13.3 Å². The SMILES string of the molecule is CCCCn1c(N)c(N(Cc2ccco2)C(=O)C2=NN(C)C(=O)CC2)c(=O)[nH]c1=O. The Balaban J connectivity index is 2.10. The van der Waals surface area contributed by atoms with Crippen LogP contribution in [0.1, 0.15) is 38.4 Å². The van der Waals surface area contributed by atoms with Crippen molar-refractivity contribution in [2.45, 2.75) is 45.7 Å². The fourth-order valence-corrected chi connectivity index (χ4v) is 3.17. The Kier molecular flexibility index (Phi) is 6.19. The van der Waals surface area contributed by atoms with E-state index in [-0.39, 0.29) is 42.5 Å². The molecule has 3 N–H and O–H groups in total. The lowest BCUT2D eigenvalue weighted by Gasteiger charge is -2.26. The molecule has 11 nitrogen and oxygen atoms in total. The molecular weight excluding hydrogens is 392 g/mol. The van der Waals surface area contributed by atoms with Crippen LogP contribution < -0.4 is 21.9 Å². The molecule has 2 amide bonds. The van der Waals surface area contributed by atoms with Crippen LogP contribution in [-0.4, -0.2) is 39.1 Å². The number of nitrogen functional groups attached to an aromatic ring is 1. The first kappa shape index (κ1) is 21.1. The van der Waals surface area contributed by atoms with Crippen LogP contribution in [0.4, 0.5) is 11.5 Å². The molecule has 0 fully saturated rings. The summed E-state index contributed by atoms with van der Waals surface area (Å²) in [4.78, 5) is 53.3. The first-order valence-corrected chi connectivity index (χ1v) is 9.64. The lowest BCUT2D eigenvalue weighted by Crippen LogP contribution is -2.45. The average molecular weight is 416 g/mol. The minimum atomic E-state index is -0.786. The number of anilines is 2. The predicted molar refractivity (Wildman–Crippen MR) is 110 cm³/mol. The van der Waals surface area contributed by atoms with E-state index in [0.717, 1.165) is 16.3 Å². The average Bonchev–Trinajstić information content (AvgIpc) is 3.21. The zero-order chi connectivity index (χ0) is 21.8. The summed E-state index contributed by atoms with van der Waals surface area (Å²) >= 11 is 0. The van der Waals surface area contributed by atoms with Crippen molar-refractivity contribution in [1.82, 2.24) is 14.6 Å². The molecule has 2 aromatic rings. The highest BCUT2D eigenvalue weighted by atomic mass is 16.3. The number of aromatic nitrogens is 2. The number of carbonyl (C=O) groups is 2. The van der Waals surface area contributed by atoms with Crippen molar-refractivity contribution < 1.29 is 14.0 Å². The third-order valence-corrected chi connectivity index (χ3v) is 4.81. The van der Waals surface area contributed by atoms with E-state index in [9.17, 15) is 19.2 Å². The van der Waals surface area contributed by atoms with Gasteiger partial charge in [0.1, 0.15) is 17.3 Å². The van der Waals surface area contributed by atoms with Gasteiger partial charge in [-0.3, -0.25) is 28.8 Å². The van der Waals surface area contributed by atoms with E-state index in [2.05, 4.69) is 10.1 Å². The summed E-state index contributed by atoms with van der Waals surface area (Å²) in [5.41, 5.74) is 4.71. The van der Waals surface area contributed by atoms with Crippen LogP contribution in [0, 0.1) is 0 Å². The van der Waals surface area contributed by atoms with Gasteiger partial charge < -0.3 is 10.2 Å². The molecule has 0 radical (unpaired) electrons. The summed E-state index contributed by atoms with van der Waals surface area (Å²) in [5, 5.41) is 5.14. The molecule has 3 heterocycles. The van der Waals surface area contributed by atoms with Crippen molar-refractivity contribution in [3.8, 4) is 0 Å². The van der Waals surface area contributed by atoms with E-state index in [1.807, 2.05) is 6.92 Å². The Hall–Kier alpha value is -3.63. The normalized spacial score (nSPS) is 14.0. The Morgan fingerprint density at radius 2 is 2.10 bits per heavy atom. The monoisotopic (exact) mass is 416 g/mol. The van der Waals surface area contributed by atoms with Gasteiger partial charge in [0.2, 0.25) is 5.91 Å². The maximum atomic E-state index is 13.3. The molecule has 11 heteroatoms. The third kappa shape index (κ3) is 4.19. The Labute approximate surface area is 171 Å². The third-order valence-electron chi connectivity index (χ3n) is 4.81. The van der Waals surface area contributed by atoms with E-state index >= 15 is 0 Å². The quantitative estimate of drug-likeness (QED) is 0.677. The molecule has 1 aliphatic rings. The van der Waals surface area contributed by atoms with E-state index in [4.69, 9.17) is 10.2 Å². The van der Waals surface area contributed by atoms with Gasteiger partial charge in [-0.25, -0.2) is 9.80 Å². The number of H-pyrrole nitrogens is 1. The molecule has 30 heavy (non-hydrogen) atoms. The van der Waals surface area contributed by atoms with Gasteiger partial charge >= 0.3 is 5.69 Å². The number of amides is 2. The van der Waals surface area contributed by atoms with Crippen LogP contribution in [0.2, 0.25) is 0 Å². The van der Waals surface area contributed by atoms with Crippen LogP contribution in [-0.2, 0) is 22.7 Å². The smallest absolute Gasteiger partial charge is 0.330 e. The minimum Gasteiger partial charge on any atom is -0.467 e. The van der Waals surface area contributed by atoms with Crippen LogP contribution in [0.15, 0.2) is 37.5 Å². The molecule has 0 saturated heterocycles. The molecular formula is C19H24N6O5. The van der Waals surface area contributed by atoms with Gasteiger partial charge in [-0.2, -0.15) is 5.10 Å². The number of nitrogens with zero attached hydrogens (tertiary/aromatic N) is 4. The van der Waals surface area contributed by atoms with E-state index in [1.165, 1.54) is 17.9 Å². The van der Waals surface area contributed by atoms with Gasteiger partial charge in [0, 0.05) is 26.4 Å². The fourth-order valence-electron chi connectivity index (χ4n) is 3.17. The highest BCUT2D eigenvalue weighted by Crippen LogP contribution is 2.22. The Morgan fingerprint density at radius 3 is 2.73 bits per heavy atom. The molecule has 0 aliphatic carbocycles. The number of nitrogens with two attached hydrogens (primary N) is 1. The second kappa shape index (κ2) is 8.80. The van der Waals surface area contributed by atoms with Crippen LogP contribution in [0.3, 0.4) is 0 Å². The molecule has 160 valence electrons. The highest BCUT2D eigenvalue weighted by Gasteiger charge is 2.31. The number of hydrogen-bond acceptors (Lipinski definition) is 7. The number of carbonyl (C=O) groups excluding carboxylic acids is 2. The second-order valence-electron chi connectivity index (χ2n) is 6.93. The van der Waals surface area contributed by atoms with Crippen molar-refractivity contribution in [2.75, 3.05) is 17.7 Å². The van der Waals surface area contributed by atoms with Crippen LogP contribution in [0.5, 0.6) is 0 Å². The molecule has 0 unspecified atom stereocenters. The second-order valence-corrected chi connectivity index (χ2v) is 6.93. The van der Waals surface area contributed by atoms with Crippen molar-refractivity contribution in [1.29, 1.82) is 0 Å². The summed E-state index contributed by atoms with van der Waals surface area (Å²) in [6, 6.07) is 3.30. The summed E-state index contributed by atoms with van der Waals surface area (Å²) < 4.78 is 6.58. The summed E-state index contributed by atoms with van der Waals surface area (Å²) in [6.45, 7) is 2.16. The van der Waals surface area contributed by atoms with Crippen molar-refractivity contribution in [3.63, 3.8) is 0 Å². The number of unbranched alkanes of at least 4 members (excludes halogenated alkanes) is 1. The van der Waals surface area contributed by atoms with Gasteiger partial charge in [-0.15, -0.1) is 0 Å². The fraction of sp³-hybridized carbons (Fsp3) is 0.421. The number of hydrogen-bond donors (Lipinski definition) is 2. The molecule has 0 spiro atoms. The van der Waals surface area contributed by atoms with Crippen molar-refractivity contribution >= 4 is 29.0 Å². The molecule has 2 aromatic heterocycles. The zero-order valence-corrected chi connectivity index (χ0v) is 16.9.